The number of thiophene rings is 1. The van der Waals surface area contributed by atoms with Crippen LogP contribution in [0.4, 0.5) is 0 Å². The van der Waals surface area contributed by atoms with Crippen LogP contribution in [-0.4, -0.2) is 18.5 Å². The van der Waals surface area contributed by atoms with E-state index in [-0.39, 0.29) is 24.0 Å². The summed E-state index contributed by atoms with van der Waals surface area (Å²) in [6, 6.07) is 2.73. The monoisotopic (exact) mass is 407 g/mol. The van der Waals surface area contributed by atoms with Crippen molar-refractivity contribution in [3.8, 4) is 0 Å². The van der Waals surface area contributed by atoms with Crippen LogP contribution in [0.2, 0.25) is 0 Å². The Kier molecular flexibility index (Phi) is 8.52. The Morgan fingerprint density at radius 1 is 1.35 bits per heavy atom. The fourth-order valence-electron chi connectivity index (χ4n) is 2.47. The van der Waals surface area contributed by atoms with Gasteiger partial charge >= 0.3 is 0 Å². The normalized spacial score (nSPS) is 23.0. The van der Waals surface area contributed by atoms with Gasteiger partial charge in [-0.2, -0.15) is 11.3 Å². The van der Waals surface area contributed by atoms with E-state index >= 15 is 0 Å². The van der Waals surface area contributed by atoms with E-state index in [1.807, 2.05) is 0 Å². The van der Waals surface area contributed by atoms with Crippen LogP contribution in [0, 0.1) is 5.92 Å². The molecule has 0 bridgehead atoms. The molecule has 1 aromatic rings. The van der Waals surface area contributed by atoms with Gasteiger partial charge in [-0.25, -0.2) is 4.99 Å². The molecule has 1 aliphatic carbocycles. The zero-order valence-electron chi connectivity index (χ0n) is 12.4. The van der Waals surface area contributed by atoms with E-state index < -0.39 is 0 Å². The molecule has 0 spiro atoms. The van der Waals surface area contributed by atoms with Crippen LogP contribution >= 0.6 is 35.3 Å². The Morgan fingerprint density at radius 3 is 2.70 bits per heavy atom. The second kappa shape index (κ2) is 9.60. The van der Waals surface area contributed by atoms with Gasteiger partial charge < -0.3 is 10.6 Å². The Bertz CT molecular complexity index is 384. The molecule has 0 atom stereocenters. The highest BCUT2D eigenvalue weighted by Gasteiger charge is 2.18. The smallest absolute Gasteiger partial charge is 0.191 e. The molecule has 1 saturated carbocycles. The van der Waals surface area contributed by atoms with Crippen molar-refractivity contribution >= 4 is 41.3 Å². The molecule has 0 amide bonds. The first kappa shape index (κ1) is 17.8. The molecule has 1 aromatic heterocycles. The van der Waals surface area contributed by atoms with E-state index in [1.54, 1.807) is 11.3 Å². The Balaban J connectivity index is 0.00000200. The largest absolute Gasteiger partial charge is 0.357 e. The van der Waals surface area contributed by atoms with Crippen molar-refractivity contribution in [3.05, 3.63) is 22.4 Å². The molecule has 1 heterocycles. The van der Waals surface area contributed by atoms with Gasteiger partial charge in [-0.3, -0.25) is 0 Å². The summed E-state index contributed by atoms with van der Waals surface area (Å²) in [5, 5.41) is 11.2. The van der Waals surface area contributed by atoms with E-state index in [0.29, 0.717) is 6.04 Å². The summed E-state index contributed by atoms with van der Waals surface area (Å²) >= 11 is 1.73. The van der Waals surface area contributed by atoms with Crippen molar-refractivity contribution in [2.45, 2.75) is 52.1 Å². The zero-order chi connectivity index (χ0) is 13.5. The Labute approximate surface area is 143 Å². The summed E-state index contributed by atoms with van der Waals surface area (Å²) in [5.74, 6) is 1.86. The highest BCUT2D eigenvalue weighted by atomic mass is 127. The number of guanidine groups is 1. The highest BCUT2D eigenvalue weighted by molar-refractivity contribution is 14.0. The van der Waals surface area contributed by atoms with Crippen molar-refractivity contribution in [2.75, 3.05) is 6.54 Å². The lowest BCUT2D eigenvalue weighted by Gasteiger charge is -2.28. The van der Waals surface area contributed by atoms with E-state index in [0.717, 1.165) is 25.0 Å². The van der Waals surface area contributed by atoms with Gasteiger partial charge in [0.15, 0.2) is 5.96 Å². The minimum absolute atomic E-state index is 0. The number of halogens is 1. The standard InChI is InChI=1S/C15H25N3S.HI/c1-3-16-15(17-10-13-8-9-19-11-13)18-14-6-4-12(2)5-7-14;/h8-9,11-12,14H,3-7,10H2,1-2H3,(H2,16,17,18);1H. The second-order valence-corrected chi connectivity index (χ2v) is 6.21. The molecule has 0 aromatic carbocycles. The summed E-state index contributed by atoms with van der Waals surface area (Å²) in [6.45, 7) is 6.15. The number of nitrogens with one attached hydrogen (secondary N) is 2. The Hall–Kier alpha value is -0.300. The number of hydrogen-bond donors (Lipinski definition) is 2. The van der Waals surface area contributed by atoms with Gasteiger partial charge in [-0.05, 0) is 60.9 Å². The van der Waals surface area contributed by atoms with Crippen LogP contribution in [-0.2, 0) is 6.54 Å². The lowest BCUT2D eigenvalue weighted by Crippen LogP contribution is -2.44. The molecular weight excluding hydrogens is 381 g/mol. The molecule has 114 valence electrons. The molecule has 0 aliphatic heterocycles. The number of nitrogens with zero attached hydrogens (tertiary/aromatic N) is 1. The molecule has 0 radical (unpaired) electrons. The maximum Gasteiger partial charge on any atom is 0.191 e. The maximum absolute atomic E-state index is 4.67. The Morgan fingerprint density at radius 2 is 2.10 bits per heavy atom. The molecular formula is C15H26IN3S. The molecule has 2 rings (SSSR count). The summed E-state index contributed by atoms with van der Waals surface area (Å²) in [7, 11) is 0. The average molecular weight is 407 g/mol. The third-order valence-corrected chi connectivity index (χ3v) is 4.43. The summed E-state index contributed by atoms with van der Waals surface area (Å²) in [6.07, 6.45) is 5.21. The molecule has 0 unspecified atom stereocenters. The van der Waals surface area contributed by atoms with Crippen LogP contribution < -0.4 is 10.6 Å². The third kappa shape index (κ3) is 5.99. The van der Waals surface area contributed by atoms with Gasteiger partial charge in [-0.15, -0.1) is 24.0 Å². The first-order chi connectivity index (χ1) is 9.28. The van der Waals surface area contributed by atoms with E-state index in [4.69, 9.17) is 0 Å². The lowest BCUT2D eigenvalue weighted by molar-refractivity contribution is 0.329. The molecule has 2 N–H and O–H groups in total. The van der Waals surface area contributed by atoms with Gasteiger partial charge in [0.05, 0.1) is 6.54 Å². The molecule has 1 aliphatic rings. The summed E-state index contributed by atoms with van der Waals surface area (Å²) in [5.41, 5.74) is 1.29. The topological polar surface area (TPSA) is 36.4 Å². The minimum Gasteiger partial charge on any atom is -0.357 e. The van der Waals surface area contributed by atoms with Crippen molar-refractivity contribution in [2.24, 2.45) is 10.9 Å². The minimum atomic E-state index is 0. The highest BCUT2D eigenvalue weighted by Crippen LogP contribution is 2.23. The van der Waals surface area contributed by atoms with E-state index in [2.05, 4.69) is 46.3 Å². The summed E-state index contributed by atoms with van der Waals surface area (Å²) in [4.78, 5) is 4.67. The van der Waals surface area contributed by atoms with E-state index in [9.17, 15) is 0 Å². The SMILES string of the molecule is CCNC(=NCc1ccsc1)NC1CCC(C)CC1.I. The predicted molar refractivity (Wildman–Crippen MR) is 99.1 cm³/mol. The molecule has 1 fully saturated rings. The van der Waals surface area contributed by atoms with Crippen molar-refractivity contribution < 1.29 is 0 Å². The van der Waals surface area contributed by atoms with Crippen molar-refractivity contribution in [1.82, 2.24) is 10.6 Å². The maximum atomic E-state index is 4.67. The fourth-order valence-corrected chi connectivity index (χ4v) is 3.13. The average Bonchev–Trinajstić information content (AvgIpc) is 2.92. The van der Waals surface area contributed by atoms with Crippen LogP contribution in [0.1, 0.15) is 45.1 Å². The van der Waals surface area contributed by atoms with Crippen LogP contribution in [0.25, 0.3) is 0 Å². The van der Waals surface area contributed by atoms with Gasteiger partial charge in [-0.1, -0.05) is 6.92 Å². The zero-order valence-corrected chi connectivity index (χ0v) is 15.5. The summed E-state index contributed by atoms with van der Waals surface area (Å²) < 4.78 is 0. The van der Waals surface area contributed by atoms with Crippen molar-refractivity contribution in [3.63, 3.8) is 0 Å². The van der Waals surface area contributed by atoms with Gasteiger partial charge in [0.1, 0.15) is 0 Å². The van der Waals surface area contributed by atoms with E-state index in [1.165, 1.54) is 31.2 Å². The van der Waals surface area contributed by atoms with Gasteiger partial charge in [0.25, 0.3) is 0 Å². The molecule has 3 nitrogen and oxygen atoms in total. The van der Waals surface area contributed by atoms with Crippen molar-refractivity contribution in [1.29, 1.82) is 0 Å². The second-order valence-electron chi connectivity index (χ2n) is 5.43. The quantitative estimate of drug-likeness (QED) is 0.450. The first-order valence-electron chi connectivity index (χ1n) is 7.34. The molecule has 0 saturated heterocycles. The fraction of sp³-hybridized carbons (Fsp3) is 0.667. The van der Waals surface area contributed by atoms with Gasteiger partial charge in [0, 0.05) is 12.6 Å². The lowest BCUT2D eigenvalue weighted by atomic mass is 9.87. The predicted octanol–water partition coefficient (Wildman–Crippen LogP) is 4.00. The van der Waals surface area contributed by atoms with Crippen LogP contribution in [0.3, 0.4) is 0 Å². The van der Waals surface area contributed by atoms with Gasteiger partial charge in [0.2, 0.25) is 0 Å². The third-order valence-electron chi connectivity index (χ3n) is 3.70. The molecule has 5 heteroatoms. The van der Waals surface area contributed by atoms with Crippen LogP contribution in [0.5, 0.6) is 0 Å². The number of rotatable bonds is 4. The molecule has 20 heavy (non-hydrogen) atoms. The first-order valence-corrected chi connectivity index (χ1v) is 8.28. The van der Waals surface area contributed by atoms with Crippen LogP contribution in [0.15, 0.2) is 21.8 Å². The number of hydrogen-bond acceptors (Lipinski definition) is 2. The number of aliphatic imine (C=N–C) groups is 1.